The first kappa shape index (κ1) is 9.38. The van der Waals surface area contributed by atoms with Crippen molar-refractivity contribution < 1.29 is 14.8 Å². The molecule has 1 aromatic carbocycles. The number of aromatic hydroxyl groups is 1. The van der Waals surface area contributed by atoms with Crippen molar-refractivity contribution in [3.63, 3.8) is 0 Å². The normalized spacial score (nSPS) is 9.92. The molecule has 1 rings (SSSR count). The molecule has 2 N–H and O–H groups in total. The second-order valence-corrected chi connectivity index (χ2v) is 2.73. The average Bonchev–Trinajstić information content (AvgIpc) is 2.08. The number of rotatable bonds is 2. The molecule has 5 heteroatoms. The van der Waals surface area contributed by atoms with Crippen molar-refractivity contribution in [2.45, 2.75) is 0 Å². The van der Waals surface area contributed by atoms with Gasteiger partial charge < -0.3 is 14.8 Å². The SMILES string of the molecule is COB(O)c1cc(Cl)ccc1O. The van der Waals surface area contributed by atoms with Crippen molar-refractivity contribution in [2.75, 3.05) is 7.11 Å². The van der Waals surface area contributed by atoms with E-state index in [2.05, 4.69) is 4.65 Å². The lowest BCUT2D eigenvalue weighted by Crippen LogP contribution is -2.32. The fourth-order valence-electron chi connectivity index (χ4n) is 0.850. The van der Waals surface area contributed by atoms with Crippen LogP contribution in [0.3, 0.4) is 0 Å². The number of hydrogen-bond acceptors (Lipinski definition) is 3. The maximum absolute atomic E-state index is 9.24. The van der Waals surface area contributed by atoms with Crippen molar-refractivity contribution in [1.29, 1.82) is 0 Å². The summed E-state index contributed by atoms with van der Waals surface area (Å²) in [5.74, 6) is -0.0336. The molecule has 0 aliphatic rings. The quantitative estimate of drug-likeness (QED) is 0.657. The van der Waals surface area contributed by atoms with Crippen molar-refractivity contribution in [1.82, 2.24) is 0 Å². The van der Waals surface area contributed by atoms with E-state index >= 15 is 0 Å². The molecule has 0 aromatic heterocycles. The minimum atomic E-state index is -1.14. The van der Waals surface area contributed by atoms with Gasteiger partial charge in [-0.05, 0) is 18.2 Å². The van der Waals surface area contributed by atoms with E-state index in [4.69, 9.17) is 11.6 Å². The van der Waals surface area contributed by atoms with Crippen LogP contribution in [0, 0.1) is 0 Å². The largest absolute Gasteiger partial charge is 0.508 e. The monoisotopic (exact) mass is 186 g/mol. The Bertz CT molecular complexity index is 279. The van der Waals surface area contributed by atoms with E-state index in [1.807, 2.05) is 0 Å². The van der Waals surface area contributed by atoms with Gasteiger partial charge in [0.2, 0.25) is 0 Å². The van der Waals surface area contributed by atoms with Crippen LogP contribution >= 0.6 is 11.6 Å². The molecule has 12 heavy (non-hydrogen) atoms. The second kappa shape index (κ2) is 3.80. The number of phenolic OH excluding ortho intramolecular Hbond substituents is 1. The molecule has 0 spiro atoms. The molecular formula is C7H8BClO3. The summed E-state index contributed by atoms with van der Waals surface area (Å²) in [7, 11) is 0.203. The van der Waals surface area contributed by atoms with E-state index in [9.17, 15) is 10.1 Å². The van der Waals surface area contributed by atoms with Gasteiger partial charge >= 0.3 is 7.12 Å². The lowest BCUT2D eigenvalue weighted by Gasteiger charge is -2.05. The summed E-state index contributed by atoms with van der Waals surface area (Å²) in [6.45, 7) is 0. The molecule has 0 bridgehead atoms. The predicted octanol–water partition coefficient (Wildman–Crippen LogP) is 0.379. The van der Waals surface area contributed by atoms with Crippen molar-refractivity contribution in [3.8, 4) is 5.75 Å². The first-order chi connectivity index (χ1) is 5.65. The molecule has 0 aliphatic heterocycles. The summed E-state index contributed by atoms with van der Waals surface area (Å²) in [4.78, 5) is 0. The van der Waals surface area contributed by atoms with Crippen LogP contribution in [0.2, 0.25) is 5.02 Å². The second-order valence-electron chi connectivity index (χ2n) is 2.29. The van der Waals surface area contributed by atoms with Gasteiger partial charge in [-0.25, -0.2) is 0 Å². The molecule has 0 amide bonds. The third kappa shape index (κ3) is 1.91. The van der Waals surface area contributed by atoms with Crippen LogP contribution in [0.1, 0.15) is 0 Å². The fourth-order valence-corrected chi connectivity index (χ4v) is 1.03. The van der Waals surface area contributed by atoms with E-state index in [1.165, 1.54) is 25.3 Å². The molecular weight excluding hydrogens is 178 g/mol. The van der Waals surface area contributed by atoms with Gasteiger partial charge in [-0.1, -0.05) is 11.6 Å². The van der Waals surface area contributed by atoms with Crippen molar-refractivity contribution in [3.05, 3.63) is 23.2 Å². The highest BCUT2D eigenvalue weighted by molar-refractivity contribution is 6.61. The van der Waals surface area contributed by atoms with Crippen LogP contribution in [0.5, 0.6) is 5.75 Å². The lowest BCUT2D eigenvalue weighted by molar-refractivity contribution is 0.339. The van der Waals surface area contributed by atoms with Crippen LogP contribution in [0.4, 0.5) is 0 Å². The molecule has 64 valence electrons. The molecule has 0 saturated carbocycles. The van der Waals surface area contributed by atoms with Gasteiger partial charge in [0, 0.05) is 17.6 Å². The van der Waals surface area contributed by atoms with E-state index in [-0.39, 0.29) is 11.2 Å². The fraction of sp³-hybridized carbons (Fsp3) is 0.143. The Kier molecular flexibility index (Phi) is 2.97. The Labute approximate surface area is 75.7 Å². The van der Waals surface area contributed by atoms with Gasteiger partial charge in [0.1, 0.15) is 5.75 Å². The minimum Gasteiger partial charge on any atom is -0.508 e. The van der Waals surface area contributed by atoms with Gasteiger partial charge in [-0.15, -0.1) is 0 Å². The molecule has 0 aliphatic carbocycles. The van der Waals surface area contributed by atoms with E-state index in [0.29, 0.717) is 5.02 Å². The molecule has 0 saturated heterocycles. The van der Waals surface area contributed by atoms with Crippen molar-refractivity contribution in [2.24, 2.45) is 0 Å². The van der Waals surface area contributed by atoms with E-state index < -0.39 is 7.12 Å². The zero-order valence-electron chi connectivity index (χ0n) is 6.49. The highest BCUT2D eigenvalue weighted by atomic mass is 35.5. The van der Waals surface area contributed by atoms with Crippen LogP contribution in [0.15, 0.2) is 18.2 Å². The first-order valence-corrected chi connectivity index (χ1v) is 3.72. The zero-order chi connectivity index (χ0) is 9.14. The van der Waals surface area contributed by atoms with E-state index in [1.54, 1.807) is 0 Å². The molecule has 0 heterocycles. The topological polar surface area (TPSA) is 49.7 Å². The Morgan fingerprint density at radius 1 is 1.50 bits per heavy atom. The van der Waals surface area contributed by atoms with Gasteiger partial charge in [-0.3, -0.25) is 0 Å². The molecule has 3 nitrogen and oxygen atoms in total. The minimum absolute atomic E-state index is 0.0336. The molecule has 0 unspecified atom stereocenters. The van der Waals surface area contributed by atoms with Crippen LogP contribution in [-0.4, -0.2) is 24.4 Å². The number of benzene rings is 1. The first-order valence-electron chi connectivity index (χ1n) is 3.34. The summed E-state index contributed by atoms with van der Waals surface area (Å²) in [6.07, 6.45) is 0. The molecule has 1 aromatic rings. The Balaban J connectivity index is 3.04. The van der Waals surface area contributed by atoms with E-state index in [0.717, 1.165) is 0 Å². The molecule has 0 atom stereocenters. The van der Waals surface area contributed by atoms with Crippen LogP contribution in [0.25, 0.3) is 0 Å². The summed E-state index contributed by atoms with van der Waals surface area (Å²) < 4.78 is 4.61. The third-order valence-corrected chi connectivity index (χ3v) is 1.71. The number of halogens is 1. The Morgan fingerprint density at radius 2 is 2.17 bits per heavy atom. The van der Waals surface area contributed by atoms with Gasteiger partial charge in [0.15, 0.2) is 0 Å². The van der Waals surface area contributed by atoms with Crippen LogP contribution < -0.4 is 5.46 Å². The lowest BCUT2D eigenvalue weighted by atomic mass is 9.79. The molecule has 0 fully saturated rings. The third-order valence-electron chi connectivity index (χ3n) is 1.48. The maximum atomic E-state index is 9.24. The highest BCUT2D eigenvalue weighted by Gasteiger charge is 2.18. The number of phenols is 1. The average molecular weight is 186 g/mol. The summed E-state index contributed by atoms with van der Waals surface area (Å²) in [5, 5.41) is 18.9. The standard InChI is InChI=1S/C7H8BClO3/c1-12-8(11)6-4-5(9)2-3-7(6)10/h2-4,10-11H,1H3. The summed E-state index contributed by atoms with van der Waals surface area (Å²) in [5.41, 5.74) is 0.269. The van der Waals surface area contributed by atoms with Gasteiger partial charge in [0.05, 0.1) is 0 Å². The summed E-state index contributed by atoms with van der Waals surface area (Å²) in [6, 6.07) is 4.38. The zero-order valence-corrected chi connectivity index (χ0v) is 7.25. The summed E-state index contributed by atoms with van der Waals surface area (Å²) >= 11 is 5.64. The molecule has 0 radical (unpaired) electrons. The number of hydrogen-bond donors (Lipinski definition) is 2. The Hall–Kier alpha value is -0.705. The van der Waals surface area contributed by atoms with Crippen LogP contribution in [-0.2, 0) is 4.65 Å². The predicted molar refractivity (Wildman–Crippen MR) is 47.7 cm³/mol. The Morgan fingerprint density at radius 3 is 2.75 bits per heavy atom. The van der Waals surface area contributed by atoms with Gasteiger partial charge in [-0.2, -0.15) is 0 Å². The maximum Gasteiger partial charge on any atom is 0.494 e. The smallest absolute Gasteiger partial charge is 0.494 e. The van der Waals surface area contributed by atoms with Crippen molar-refractivity contribution >= 4 is 24.2 Å². The highest BCUT2D eigenvalue weighted by Crippen LogP contribution is 2.12. The van der Waals surface area contributed by atoms with Gasteiger partial charge in [0.25, 0.3) is 0 Å².